The molecule has 3 heteroatoms. The molecule has 3 aliphatic rings. The first-order chi connectivity index (χ1) is 7.81. The van der Waals surface area contributed by atoms with Gasteiger partial charge in [0.2, 0.25) is 0 Å². The highest BCUT2D eigenvalue weighted by Crippen LogP contribution is 2.39. The first kappa shape index (κ1) is 11.0. The number of fused-ring (bicyclic) bond motifs is 1. The average molecular weight is 224 g/mol. The van der Waals surface area contributed by atoms with Gasteiger partial charge in [-0.2, -0.15) is 0 Å². The van der Waals surface area contributed by atoms with Crippen molar-refractivity contribution in [2.75, 3.05) is 19.6 Å². The highest BCUT2D eigenvalue weighted by Gasteiger charge is 2.51. The number of piperidine rings is 2. The molecule has 92 valence electrons. The molecular formula is C13H24N2O. The Balaban J connectivity index is 1.75. The predicted octanol–water partition coefficient (Wildman–Crippen LogP) is 1.12. The van der Waals surface area contributed by atoms with Crippen LogP contribution in [0, 0.1) is 0 Å². The third-order valence-electron chi connectivity index (χ3n) is 4.90. The minimum absolute atomic E-state index is 0.356. The molecule has 3 rings (SSSR count). The second-order valence-electron chi connectivity index (χ2n) is 5.79. The van der Waals surface area contributed by atoms with Crippen molar-refractivity contribution >= 4 is 0 Å². The molecular weight excluding hydrogens is 200 g/mol. The van der Waals surface area contributed by atoms with Crippen LogP contribution in [-0.4, -0.2) is 47.3 Å². The largest absolute Gasteiger partial charge is 0.387 e. The Bertz CT molecular complexity index is 252. The maximum atomic E-state index is 11.0. The molecule has 3 saturated heterocycles. The molecule has 16 heavy (non-hydrogen) atoms. The van der Waals surface area contributed by atoms with E-state index in [1.54, 1.807) is 0 Å². The van der Waals surface area contributed by atoms with Crippen LogP contribution >= 0.6 is 0 Å². The molecule has 3 atom stereocenters. The fraction of sp³-hybridized carbons (Fsp3) is 1.00. The Labute approximate surface area is 98.2 Å². The molecule has 3 aliphatic heterocycles. The van der Waals surface area contributed by atoms with Gasteiger partial charge in [0.05, 0.1) is 5.60 Å². The lowest BCUT2D eigenvalue weighted by atomic mass is 9.79. The lowest BCUT2D eigenvalue weighted by molar-refractivity contribution is -0.0455. The van der Waals surface area contributed by atoms with Gasteiger partial charge in [0.15, 0.2) is 0 Å². The first-order valence-corrected chi connectivity index (χ1v) is 7.00. The molecule has 2 N–H and O–H groups in total. The standard InChI is InChI=1S/C13H24N2O/c16-13(11-5-1-3-8-14-11)7-10-15-9-4-2-6-12(13)15/h11-12,14,16H,1-10H2. The maximum Gasteiger partial charge on any atom is 0.0966 e. The van der Waals surface area contributed by atoms with Crippen molar-refractivity contribution in [3.8, 4) is 0 Å². The normalized spacial score (nSPS) is 45.6. The molecule has 0 bridgehead atoms. The summed E-state index contributed by atoms with van der Waals surface area (Å²) in [5.74, 6) is 0. The molecule has 0 radical (unpaired) electrons. The Morgan fingerprint density at radius 3 is 2.75 bits per heavy atom. The van der Waals surface area contributed by atoms with Crippen LogP contribution in [0.25, 0.3) is 0 Å². The Morgan fingerprint density at radius 2 is 1.94 bits per heavy atom. The second-order valence-corrected chi connectivity index (χ2v) is 5.79. The second kappa shape index (κ2) is 4.28. The molecule has 0 aromatic carbocycles. The van der Waals surface area contributed by atoms with Gasteiger partial charge in [0.25, 0.3) is 0 Å². The topological polar surface area (TPSA) is 35.5 Å². The molecule has 0 amide bonds. The van der Waals surface area contributed by atoms with Gasteiger partial charge in [-0.1, -0.05) is 12.8 Å². The third-order valence-corrected chi connectivity index (χ3v) is 4.90. The first-order valence-electron chi connectivity index (χ1n) is 7.00. The van der Waals surface area contributed by atoms with Crippen LogP contribution in [-0.2, 0) is 0 Å². The zero-order chi connectivity index (χ0) is 11.0. The minimum atomic E-state index is -0.430. The van der Waals surface area contributed by atoms with E-state index in [4.69, 9.17) is 0 Å². The van der Waals surface area contributed by atoms with Gasteiger partial charge in [-0.05, 0) is 45.2 Å². The molecule has 3 unspecified atom stereocenters. The monoisotopic (exact) mass is 224 g/mol. The van der Waals surface area contributed by atoms with Gasteiger partial charge < -0.3 is 10.4 Å². The van der Waals surface area contributed by atoms with Crippen molar-refractivity contribution in [2.45, 2.75) is 62.6 Å². The minimum Gasteiger partial charge on any atom is -0.387 e. The van der Waals surface area contributed by atoms with E-state index in [0.717, 1.165) is 19.5 Å². The van der Waals surface area contributed by atoms with Gasteiger partial charge in [0.1, 0.15) is 0 Å². The summed E-state index contributed by atoms with van der Waals surface area (Å²) in [6.45, 7) is 3.42. The van der Waals surface area contributed by atoms with E-state index in [-0.39, 0.29) is 0 Å². The van der Waals surface area contributed by atoms with E-state index in [2.05, 4.69) is 10.2 Å². The van der Waals surface area contributed by atoms with Crippen molar-refractivity contribution in [3.05, 3.63) is 0 Å². The lowest BCUT2D eigenvalue weighted by Gasteiger charge is -2.43. The Hall–Kier alpha value is -0.120. The summed E-state index contributed by atoms with van der Waals surface area (Å²) in [6.07, 6.45) is 8.54. The number of nitrogens with zero attached hydrogens (tertiary/aromatic N) is 1. The fourth-order valence-electron chi connectivity index (χ4n) is 4.00. The smallest absolute Gasteiger partial charge is 0.0966 e. The summed E-state index contributed by atoms with van der Waals surface area (Å²) in [5, 5.41) is 14.6. The zero-order valence-corrected chi connectivity index (χ0v) is 10.1. The Morgan fingerprint density at radius 1 is 1.06 bits per heavy atom. The number of nitrogens with one attached hydrogen (secondary N) is 1. The van der Waals surface area contributed by atoms with Crippen molar-refractivity contribution < 1.29 is 5.11 Å². The van der Waals surface area contributed by atoms with Gasteiger partial charge in [-0.15, -0.1) is 0 Å². The third kappa shape index (κ3) is 1.69. The summed E-state index contributed by atoms with van der Waals surface area (Å²) in [4.78, 5) is 2.53. The molecule has 3 heterocycles. The van der Waals surface area contributed by atoms with Crippen LogP contribution < -0.4 is 5.32 Å². The van der Waals surface area contributed by atoms with Crippen LogP contribution in [0.15, 0.2) is 0 Å². The van der Waals surface area contributed by atoms with Crippen molar-refractivity contribution in [1.29, 1.82) is 0 Å². The zero-order valence-electron chi connectivity index (χ0n) is 10.1. The van der Waals surface area contributed by atoms with Crippen LogP contribution in [0.2, 0.25) is 0 Å². The van der Waals surface area contributed by atoms with Gasteiger partial charge in [0, 0.05) is 18.6 Å². The van der Waals surface area contributed by atoms with E-state index < -0.39 is 5.60 Å². The quantitative estimate of drug-likeness (QED) is 0.700. The molecule has 0 aromatic heterocycles. The SMILES string of the molecule is OC1(C2CCCCN2)CCN2CCCCC21. The fourth-order valence-corrected chi connectivity index (χ4v) is 4.00. The van der Waals surface area contributed by atoms with Crippen molar-refractivity contribution in [3.63, 3.8) is 0 Å². The van der Waals surface area contributed by atoms with Crippen LogP contribution in [0.1, 0.15) is 44.9 Å². The molecule has 0 saturated carbocycles. The van der Waals surface area contributed by atoms with E-state index in [1.807, 2.05) is 0 Å². The predicted molar refractivity (Wildman–Crippen MR) is 64.4 cm³/mol. The highest BCUT2D eigenvalue weighted by atomic mass is 16.3. The van der Waals surface area contributed by atoms with E-state index in [0.29, 0.717) is 12.1 Å². The molecule has 0 aromatic rings. The molecule has 3 fully saturated rings. The summed E-state index contributed by atoms with van der Waals surface area (Å²) in [7, 11) is 0. The summed E-state index contributed by atoms with van der Waals surface area (Å²) >= 11 is 0. The summed E-state index contributed by atoms with van der Waals surface area (Å²) in [5.41, 5.74) is -0.430. The van der Waals surface area contributed by atoms with E-state index in [9.17, 15) is 5.11 Å². The van der Waals surface area contributed by atoms with E-state index >= 15 is 0 Å². The van der Waals surface area contributed by atoms with Crippen molar-refractivity contribution in [2.24, 2.45) is 0 Å². The summed E-state index contributed by atoms with van der Waals surface area (Å²) in [6, 6.07) is 0.797. The maximum absolute atomic E-state index is 11.0. The van der Waals surface area contributed by atoms with Crippen LogP contribution in [0.3, 0.4) is 0 Å². The number of hydrogen-bond acceptors (Lipinski definition) is 3. The lowest BCUT2D eigenvalue weighted by Crippen LogP contribution is -2.59. The molecule has 3 nitrogen and oxygen atoms in total. The average Bonchev–Trinajstić information content (AvgIpc) is 2.71. The Kier molecular flexibility index (Phi) is 2.94. The van der Waals surface area contributed by atoms with Crippen LogP contribution in [0.4, 0.5) is 0 Å². The van der Waals surface area contributed by atoms with E-state index in [1.165, 1.54) is 45.1 Å². The van der Waals surface area contributed by atoms with Gasteiger partial charge >= 0.3 is 0 Å². The highest BCUT2D eigenvalue weighted by molar-refractivity contribution is 5.08. The number of hydrogen-bond donors (Lipinski definition) is 2. The van der Waals surface area contributed by atoms with Crippen LogP contribution in [0.5, 0.6) is 0 Å². The van der Waals surface area contributed by atoms with Crippen molar-refractivity contribution in [1.82, 2.24) is 10.2 Å². The summed E-state index contributed by atoms with van der Waals surface area (Å²) < 4.78 is 0. The van der Waals surface area contributed by atoms with Gasteiger partial charge in [-0.3, -0.25) is 4.90 Å². The molecule has 0 spiro atoms. The number of rotatable bonds is 1. The number of aliphatic hydroxyl groups is 1. The molecule has 0 aliphatic carbocycles. The van der Waals surface area contributed by atoms with Gasteiger partial charge in [-0.25, -0.2) is 0 Å².